The van der Waals surface area contributed by atoms with Crippen molar-refractivity contribution in [3.05, 3.63) is 58.6 Å². The Morgan fingerprint density at radius 3 is 2.73 bits per heavy atom. The van der Waals surface area contributed by atoms with Crippen LogP contribution in [0.5, 0.6) is 5.75 Å². The Hall–Kier alpha value is -2.14. The number of benzene rings is 1. The van der Waals surface area contributed by atoms with E-state index in [-0.39, 0.29) is 35.1 Å². The number of carbonyl (C=O) groups is 1. The van der Waals surface area contributed by atoms with Crippen molar-refractivity contribution in [2.24, 2.45) is 0 Å². The van der Waals surface area contributed by atoms with Crippen molar-refractivity contribution >= 4 is 17.5 Å². The molecule has 1 amide bonds. The van der Waals surface area contributed by atoms with Gasteiger partial charge in [-0.05, 0) is 56.9 Å². The lowest BCUT2D eigenvalue weighted by Crippen LogP contribution is -2.40. The van der Waals surface area contributed by atoms with Crippen molar-refractivity contribution in [2.45, 2.75) is 51.2 Å². The SMILES string of the molecule is Cc1ncccc1OC1CCC(NC(=O)Cc2c(F)cccc2Cl)CC1. The third kappa shape index (κ3) is 4.73. The van der Waals surface area contributed by atoms with Crippen molar-refractivity contribution in [1.82, 2.24) is 10.3 Å². The molecule has 1 fully saturated rings. The number of aromatic nitrogens is 1. The number of aryl methyl sites for hydroxylation is 1. The number of hydrogen-bond donors (Lipinski definition) is 1. The molecule has 1 aromatic heterocycles. The van der Waals surface area contributed by atoms with Gasteiger partial charge in [0.15, 0.2) is 0 Å². The first-order valence-corrected chi connectivity index (χ1v) is 9.21. The minimum Gasteiger partial charge on any atom is -0.489 e. The van der Waals surface area contributed by atoms with Gasteiger partial charge < -0.3 is 10.1 Å². The summed E-state index contributed by atoms with van der Waals surface area (Å²) in [7, 11) is 0. The van der Waals surface area contributed by atoms with Gasteiger partial charge in [-0.15, -0.1) is 0 Å². The van der Waals surface area contributed by atoms with Crippen molar-refractivity contribution in [1.29, 1.82) is 0 Å². The number of rotatable bonds is 5. The van der Waals surface area contributed by atoms with E-state index in [0.29, 0.717) is 0 Å². The first kappa shape index (κ1) is 18.6. The Morgan fingerprint density at radius 1 is 1.27 bits per heavy atom. The molecule has 1 N–H and O–H groups in total. The standard InChI is InChI=1S/C20H22ClFN2O2/c1-13-19(6-3-11-23-13)26-15-9-7-14(8-10-15)24-20(25)12-16-17(21)4-2-5-18(16)22/h2-6,11,14-15H,7-10,12H2,1H3,(H,24,25). The van der Waals surface area contributed by atoms with Crippen molar-refractivity contribution < 1.29 is 13.9 Å². The maximum atomic E-state index is 13.8. The molecule has 4 nitrogen and oxygen atoms in total. The van der Waals surface area contributed by atoms with Crippen molar-refractivity contribution in [3.8, 4) is 5.75 Å². The molecule has 1 heterocycles. The molecule has 1 aliphatic carbocycles. The lowest BCUT2D eigenvalue weighted by atomic mass is 9.92. The Kier molecular flexibility index (Phi) is 6.09. The summed E-state index contributed by atoms with van der Waals surface area (Å²) < 4.78 is 19.8. The number of halogens is 2. The second-order valence-corrected chi connectivity index (χ2v) is 7.03. The third-order valence-electron chi connectivity index (χ3n) is 4.69. The average Bonchev–Trinajstić information content (AvgIpc) is 2.62. The second-order valence-electron chi connectivity index (χ2n) is 6.62. The molecule has 0 radical (unpaired) electrons. The van der Waals surface area contributed by atoms with E-state index in [1.165, 1.54) is 12.1 Å². The van der Waals surface area contributed by atoms with E-state index in [4.69, 9.17) is 16.3 Å². The van der Waals surface area contributed by atoms with Crippen molar-refractivity contribution in [3.63, 3.8) is 0 Å². The first-order chi connectivity index (χ1) is 12.5. The van der Waals surface area contributed by atoms with E-state index in [1.54, 1.807) is 12.3 Å². The monoisotopic (exact) mass is 376 g/mol. The molecule has 3 rings (SSSR count). The molecule has 0 unspecified atom stereocenters. The van der Waals surface area contributed by atoms with Gasteiger partial charge in [0.05, 0.1) is 18.2 Å². The normalized spacial score (nSPS) is 19.8. The van der Waals surface area contributed by atoms with E-state index >= 15 is 0 Å². The second kappa shape index (κ2) is 8.49. The summed E-state index contributed by atoms with van der Waals surface area (Å²) in [5, 5.41) is 3.27. The maximum Gasteiger partial charge on any atom is 0.224 e. The summed E-state index contributed by atoms with van der Waals surface area (Å²) >= 11 is 5.98. The zero-order valence-electron chi connectivity index (χ0n) is 14.7. The highest BCUT2D eigenvalue weighted by Crippen LogP contribution is 2.25. The molecule has 138 valence electrons. The van der Waals surface area contributed by atoms with Gasteiger partial charge in [0.2, 0.25) is 5.91 Å². The van der Waals surface area contributed by atoms with Gasteiger partial charge >= 0.3 is 0 Å². The average molecular weight is 377 g/mol. The van der Waals surface area contributed by atoms with Gasteiger partial charge in [0.1, 0.15) is 11.6 Å². The number of amides is 1. The molecule has 2 aromatic rings. The minimum absolute atomic E-state index is 0.0448. The van der Waals surface area contributed by atoms with Crippen LogP contribution in [0.4, 0.5) is 4.39 Å². The Morgan fingerprint density at radius 2 is 2.04 bits per heavy atom. The Balaban J connectivity index is 1.48. The van der Waals surface area contributed by atoms with E-state index < -0.39 is 5.82 Å². The fourth-order valence-corrected chi connectivity index (χ4v) is 3.47. The summed E-state index contributed by atoms with van der Waals surface area (Å²) in [6, 6.07) is 8.32. The summed E-state index contributed by atoms with van der Waals surface area (Å²) in [6.07, 6.45) is 5.22. The molecule has 1 aromatic carbocycles. The van der Waals surface area contributed by atoms with E-state index in [9.17, 15) is 9.18 Å². The van der Waals surface area contributed by atoms with Crippen LogP contribution in [0.1, 0.15) is 36.9 Å². The van der Waals surface area contributed by atoms with Crippen LogP contribution < -0.4 is 10.1 Å². The van der Waals surface area contributed by atoms with Crippen LogP contribution in [-0.4, -0.2) is 23.0 Å². The fourth-order valence-electron chi connectivity index (χ4n) is 3.24. The van der Waals surface area contributed by atoms with Crippen LogP contribution in [0.15, 0.2) is 36.5 Å². The van der Waals surface area contributed by atoms with Gasteiger partial charge in [0, 0.05) is 22.8 Å². The zero-order valence-corrected chi connectivity index (χ0v) is 15.4. The molecule has 0 saturated heterocycles. The van der Waals surface area contributed by atoms with Crippen LogP contribution in [0, 0.1) is 12.7 Å². The molecular formula is C20H22ClFN2O2. The fraction of sp³-hybridized carbons (Fsp3) is 0.400. The van der Waals surface area contributed by atoms with E-state index in [1.807, 2.05) is 19.1 Å². The zero-order chi connectivity index (χ0) is 18.5. The predicted molar refractivity (Wildman–Crippen MR) is 98.9 cm³/mol. The lowest BCUT2D eigenvalue weighted by molar-refractivity contribution is -0.121. The number of nitrogens with zero attached hydrogens (tertiary/aromatic N) is 1. The van der Waals surface area contributed by atoms with Crippen LogP contribution in [0.3, 0.4) is 0 Å². The van der Waals surface area contributed by atoms with Crippen LogP contribution >= 0.6 is 11.6 Å². The molecule has 1 saturated carbocycles. The Labute approximate surface area is 157 Å². The van der Waals surface area contributed by atoms with Gasteiger partial charge in [-0.1, -0.05) is 17.7 Å². The molecule has 0 spiro atoms. The molecule has 6 heteroatoms. The van der Waals surface area contributed by atoms with Gasteiger partial charge in [0.25, 0.3) is 0 Å². The smallest absolute Gasteiger partial charge is 0.224 e. The number of pyridine rings is 1. The number of ether oxygens (including phenoxy) is 1. The number of hydrogen-bond acceptors (Lipinski definition) is 3. The number of nitrogens with one attached hydrogen (secondary N) is 1. The van der Waals surface area contributed by atoms with Gasteiger partial charge in [-0.3, -0.25) is 9.78 Å². The van der Waals surface area contributed by atoms with Gasteiger partial charge in [-0.25, -0.2) is 4.39 Å². The van der Waals surface area contributed by atoms with Gasteiger partial charge in [-0.2, -0.15) is 0 Å². The highest BCUT2D eigenvalue weighted by molar-refractivity contribution is 6.31. The highest BCUT2D eigenvalue weighted by Gasteiger charge is 2.24. The predicted octanol–water partition coefficient (Wildman–Crippen LogP) is 4.23. The van der Waals surface area contributed by atoms with Crippen LogP contribution in [-0.2, 0) is 11.2 Å². The molecule has 1 aliphatic rings. The quantitative estimate of drug-likeness (QED) is 0.849. The summed E-state index contributed by atoms with van der Waals surface area (Å²) in [6.45, 7) is 1.93. The number of carbonyl (C=O) groups excluding carboxylic acids is 1. The Bertz CT molecular complexity index is 756. The molecule has 0 aliphatic heterocycles. The summed E-state index contributed by atoms with van der Waals surface area (Å²) in [4.78, 5) is 16.5. The topological polar surface area (TPSA) is 51.2 Å². The van der Waals surface area contributed by atoms with Crippen molar-refractivity contribution in [2.75, 3.05) is 0 Å². The molecule has 26 heavy (non-hydrogen) atoms. The third-order valence-corrected chi connectivity index (χ3v) is 5.04. The first-order valence-electron chi connectivity index (χ1n) is 8.83. The largest absolute Gasteiger partial charge is 0.489 e. The lowest BCUT2D eigenvalue weighted by Gasteiger charge is -2.29. The summed E-state index contributed by atoms with van der Waals surface area (Å²) in [5.74, 6) is 0.162. The van der Waals surface area contributed by atoms with E-state index in [2.05, 4.69) is 10.3 Å². The molecular weight excluding hydrogens is 355 g/mol. The maximum absolute atomic E-state index is 13.8. The van der Waals surface area contributed by atoms with Crippen LogP contribution in [0.25, 0.3) is 0 Å². The molecule has 0 bridgehead atoms. The minimum atomic E-state index is -0.448. The van der Waals surface area contributed by atoms with E-state index in [0.717, 1.165) is 37.1 Å². The molecule has 0 atom stereocenters. The summed E-state index contributed by atoms with van der Waals surface area (Å²) in [5.41, 5.74) is 1.13. The highest BCUT2D eigenvalue weighted by atomic mass is 35.5. The van der Waals surface area contributed by atoms with Crippen LogP contribution in [0.2, 0.25) is 5.02 Å².